The molecule has 4 aromatic rings. The zero-order valence-corrected chi connectivity index (χ0v) is 25.0. The van der Waals surface area contributed by atoms with Crippen molar-refractivity contribution in [3.63, 3.8) is 0 Å². The summed E-state index contributed by atoms with van der Waals surface area (Å²) in [5.41, 5.74) is 1.46. The molecular formula is C30H34FN11O2. The van der Waals surface area contributed by atoms with Crippen LogP contribution in [0, 0.1) is 19.7 Å². The molecule has 6 heterocycles. The van der Waals surface area contributed by atoms with Crippen LogP contribution in [-0.2, 0) is 9.59 Å². The Balaban J connectivity index is 1.23. The Labute approximate surface area is 253 Å². The van der Waals surface area contributed by atoms with Gasteiger partial charge < -0.3 is 20.0 Å². The van der Waals surface area contributed by atoms with E-state index < -0.39 is 17.4 Å². The predicted molar refractivity (Wildman–Crippen MR) is 161 cm³/mol. The number of aryl methyl sites for hydroxylation is 2. The smallest absolute Gasteiger partial charge is 0.253 e. The van der Waals surface area contributed by atoms with Gasteiger partial charge in [-0.05, 0) is 52.2 Å². The number of aromatic amines is 1. The summed E-state index contributed by atoms with van der Waals surface area (Å²) in [5.74, 6) is 1.48. The van der Waals surface area contributed by atoms with Gasteiger partial charge in [0.05, 0.1) is 18.4 Å². The monoisotopic (exact) mass is 599 g/mol. The van der Waals surface area contributed by atoms with Crippen molar-refractivity contribution in [2.45, 2.75) is 52.1 Å². The highest BCUT2D eigenvalue weighted by Gasteiger charge is 2.51. The third kappa shape index (κ3) is 5.38. The van der Waals surface area contributed by atoms with Gasteiger partial charge in [0, 0.05) is 61.6 Å². The Morgan fingerprint density at radius 2 is 1.89 bits per heavy atom. The van der Waals surface area contributed by atoms with E-state index in [9.17, 15) is 14.0 Å². The molecule has 6 rings (SSSR count). The molecule has 2 aliphatic heterocycles. The first-order valence-electron chi connectivity index (χ1n) is 14.6. The van der Waals surface area contributed by atoms with Crippen LogP contribution in [0.4, 0.5) is 22.0 Å². The molecule has 1 fully saturated rings. The quantitative estimate of drug-likeness (QED) is 0.326. The maximum Gasteiger partial charge on any atom is 0.253 e. The molecule has 2 aliphatic rings. The molecule has 4 aromatic heterocycles. The van der Waals surface area contributed by atoms with Crippen molar-refractivity contribution in [2.75, 3.05) is 29.9 Å². The number of anilines is 3. The molecule has 0 radical (unpaired) electrons. The number of likely N-dealkylation sites (N-methyl/N-ethyl adjacent to an activating group) is 1. The van der Waals surface area contributed by atoms with Crippen molar-refractivity contribution in [1.29, 1.82) is 0 Å². The standard InChI is InChI=1S/C30H34FN11O2/c1-5-41-27(43)8-11-40(21(4)22-6-7-26(32-16-22)42-18-23(31)17-33-42)28(44)30(41)9-12-39(13-10-30)29-34-19(2)14-24(36-29)35-25-15-20(3)37-38-25/h6-8,11,14-18,21H,5,9-10,12-13H2,1-4H3,(H2,34,35,36,37,38). The number of rotatable bonds is 7. The summed E-state index contributed by atoms with van der Waals surface area (Å²) in [4.78, 5) is 47.0. The normalized spacial score (nSPS) is 17.3. The number of pyridine rings is 1. The minimum Gasteiger partial charge on any atom is -0.341 e. The summed E-state index contributed by atoms with van der Waals surface area (Å²) < 4.78 is 14.8. The van der Waals surface area contributed by atoms with Crippen molar-refractivity contribution in [3.05, 3.63) is 77.9 Å². The van der Waals surface area contributed by atoms with Gasteiger partial charge in [-0.2, -0.15) is 15.2 Å². The molecule has 0 bridgehead atoms. The van der Waals surface area contributed by atoms with Crippen LogP contribution in [0.1, 0.15) is 49.7 Å². The zero-order valence-electron chi connectivity index (χ0n) is 25.0. The maximum atomic E-state index is 14.4. The number of nitrogens with zero attached hydrogens (tertiary/aromatic N) is 9. The molecule has 0 aliphatic carbocycles. The van der Waals surface area contributed by atoms with Crippen LogP contribution in [0.15, 0.2) is 55.1 Å². The molecule has 13 nitrogen and oxygen atoms in total. The number of hydrogen-bond donors (Lipinski definition) is 2. The average molecular weight is 600 g/mol. The van der Waals surface area contributed by atoms with E-state index in [4.69, 9.17) is 4.98 Å². The summed E-state index contributed by atoms with van der Waals surface area (Å²) in [6.07, 6.45) is 7.87. The fraction of sp³-hybridized carbons (Fsp3) is 0.367. The molecule has 1 spiro atoms. The highest BCUT2D eigenvalue weighted by Crippen LogP contribution is 2.37. The number of H-pyrrole nitrogens is 1. The summed E-state index contributed by atoms with van der Waals surface area (Å²) in [7, 11) is 0. The second-order valence-electron chi connectivity index (χ2n) is 11.1. The minimum atomic E-state index is -1.03. The molecule has 1 saturated heterocycles. The van der Waals surface area contributed by atoms with E-state index in [-0.39, 0.29) is 11.8 Å². The highest BCUT2D eigenvalue weighted by atomic mass is 19.1. The first kappa shape index (κ1) is 29.0. The van der Waals surface area contributed by atoms with E-state index in [1.807, 2.05) is 45.9 Å². The number of carbonyl (C=O) groups is 2. The van der Waals surface area contributed by atoms with Crippen molar-refractivity contribution < 1.29 is 14.0 Å². The van der Waals surface area contributed by atoms with Crippen LogP contribution in [0.5, 0.6) is 0 Å². The van der Waals surface area contributed by atoms with Crippen molar-refractivity contribution >= 4 is 29.4 Å². The van der Waals surface area contributed by atoms with Gasteiger partial charge in [0.2, 0.25) is 11.9 Å². The molecular weight excluding hydrogens is 565 g/mol. The van der Waals surface area contributed by atoms with Crippen LogP contribution in [0.2, 0.25) is 0 Å². The fourth-order valence-corrected chi connectivity index (χ4v) is 5.93. The largest absolute Gasteiger partial charge is 0.341 e. The minimum absolute atomic E-state index is 0.145. The molecule has 44 heavy (non-hydrogen) atoms. The third-order valence-corrected chi connectivity index (χ3v) is 8.24. The summed E-state index contributed by atoms with van der Waals surface area (Å²) in [6, 6.07) is 6.89. The van der Waals surface area contributed by atoms with E-state index in [1.54, 1.807) is 28.3 Å². The Morgan fingerprint density at radius 1 is 1.09 bits per heavy atom. The van der Waals surface area contributed by atoms with E-state index >= 15 is 0 Å². The summed E-state index contributed by atoms with van der Waals surface area (Å²) >= 11 is 0. The molecule has 2 N–H and O–H groups in total. The Kier molecular flexibility index (Phi) is 7.57. The molecule has 1 unspecified atom stereocenters. The van der Waals surface area contributed by atoms with Gasteiger partial charge in [0.15, 0.2) is 17.5 Å². The molecule has 1 atom stereocenters. The Bertz CT molecular complexity index is 1710. The van der Waals surface area contributed by atoms with Gasteiger partial charge >= 0.3 is 0 Å². The lowest BCUT2D eigenvalue weighted by atomic mass is 9.83. The van der Waals surface area contributed by atoms with Crippen LogP contribution < -0.4 is 10.2 Å². The van der Waals surface area contributed by atoms with Gasteiger partial charge in [-0.3, -0.25) is 14.7 Å². The second-order valence-corrected chi connectivity index (χ2v) is 11.1. The molecule has 228 valence electrons. The number of halogens is 1. The Morgan fingerprint density at radius 3 is 2.52 bits per heavy atom. The summed E-state index contributed by atoms with van der Waals surface area (Å²) in [5, 5.41) is 14.3. The molecule has 14 heteroatoms. The molecule has 0 saturated carbocycles. The van der Waals surface area contributed by atoms with E-state index in [2.05, 4.69) is 35.5 Å². The van der Waals surface area contributed by atoms with Gasteiger partial charge in [-0.25, -0.2) is 19.0 Å². The second kappa shape index (κ2) is 11.5. The van der Waals surface area contributed by atoms with Crippen molar-refractivity contribution in [1.82, 2.24) is 44.7 Å². The van der Waals surface area contributed by atoms with E-state index in [0.717, 1.165) is 23.1 Å². The van der Waals surface area contributed by atoms with Crippen LogP contribution in [0.3, 0.4) is 0 Å². The SMILES string of the molecule is CCN1C(=O)C=CN(C(C)c2ccc(-n3cc(F)cn3)nc2)C(=O)C12CCN(c1nc(C)cc(Nc3cc(C)[nH]n3)n1)CC2. The topological polar surface area (TPSA) is 141 Å². The van der Waals surface area contributed by atoms with E-state index in [1.165, 1.54) is 17.0 Å². The lowest BCUT2D eigenvalue weighted by molar-refractivity contribution is -0.151. The first-order valence-corrected chi connectivity index (χ1v) is 14.6. The molecule has 0 aromatic carbocycles. The summed E-state index contributed by atoms with van der Waals surface area (Å²) in [6.45, 7) is 8.99. The van der Waals surface area contributed by atoms with Gasteiger partial charge in [0.25, 0.3) is 5.91 Å². The van der Waals surface area contributed by atoms with Gasteiger partial charge in [-0.15, -0.1) is 0 Å². The van der Waals surface area contributed by atoms with Gasteiger partial charge in [-0.1, -0.05) is 6.07 Å². The number of piperidine rings is 1. The first-order chi connectivity index (χ1) is 21.2. The third-order valence-electron chi connectivity index (χ3n) is 8.24. The lowest BCUT2D eigenvalue weighted by Crippen LogP contribution is -2.63. The predicted octanol–water partition coefficient (Wildman–Crippen LogP) is 3.58. The number of nitrogens with one attached hydrogen (secondary N) is 2. The van der Waals surface area contributed by atoms with Crippen LogP contribution in [0.25, 0.3) is 5.82 Å². The van der Waals surface area contributed by atoms with Gasteiger partial charge in [0.1, 0.15) is 11.4 Å². The van der Waals surface area contributed by atoms with Crippen molar-refractivity contribution in [3.8, 4) is 5.82 Å². The lowest BCUT2D eigenvalue weighted by Gasteiger charge is -2.48. The maximum absolute atomic E-state index is 14.4. The Hall–Kier alpha value is -5.14. The van der Waals surface area contributed by atoms with Crippen LogP contribution >= 0.6 is 0 Å². The number of aromatic nitrogens is 7. The number of carbonyl (C=O) groups excluding carboxylic acids is 2. The highest BCUT2D eigenvalue weighted by molar-refractivity contribution is 5.98. The van der Waals surface area contributed by atoms with E-state index in [0.29, 0.717) is 55.9 Å². The van der Waals surface area contributed by atoms with Crippen LogP contribution in [-0.4, -0.2) is 81.7 Å². The average Bonchev–Trinajstić information content (AvgIpc) is 3.62. The number of hydrogen-bond acceptors (Lipinski definition) is 9. The zero-order chi connectivity index (χ0) is 31.0. The fourth-order valence-electron chi connectivity index (χ4n) is 5.93. The number of amides is 2. The molecule has 2 amide bonds. The van der Waals surface area contributed by atoms with Crippen molar-refractivity contribution in [2.24, 2.45) is 0 Å².